The zero-order valence-corrected chi connectivity index (χ0v) is 16.6. The predicted molar refractivity (Wildman–Crippen MR) is 115 cm³/mol. The number of imide groups is 1. The summed E-state index contributed by atoms with van der Waals surface area (Å²) in [6.45, 7) is 1.39. The molecule has 8 heteroatoms. The molecule has 4 rings (SSSR count). The molecule has 0 radical (unpaired) electrons. The fourth-order valence-electron chi connectivity index (χ4n) is 3.14. The largest absolute Gasteiger partial charge is 0.350 e. The maximum atomic E-state index is 13.6. The monoisotopic (exact) mass is 421 g/mol. The van der Waals surface area contributed by atoms with Crippen molar-refractivity contribution in [2.75, 3.05) is 15.5 Å². The van der Waals surface area contributed by atoms with Crippen LogP contribution < -0.4 is 15.5 Å². The second-order valence-corrected chi connectivity index (χ2v) is 7.48. The number of halogens is 1. The van der Waals surface area contributed by atoms with E-state index in [9.17, 15) is 18.8 Å². The maximum absolute atomic E-state index is 13.6. The molecule has 150 valence electrons. The van der Waals surface area contributed by atoms with E-state index >= 15 is 0 Å². The van der Waals surface area contributed by atoms with Crippen LogP contribution in [0.3, 0.4) is 0 Å². The molecule has 2 aromatic carbocycles. The van der Waals surface area contributed by atoms with Gasteiger partial charge in [0.1, 0.15) is 11.5 Å². The van der Waals surface area contributed by atoms with E-state index in [0.29, 0.717) is 21.9 Å². The Kier molecular flexibility index (Phi) is 5.16. The molecule has 0 unspecified atom stereocenters. The van der Waals surface area contributed by atoms with Gasteiger partial charge in [-0.1, -0.05) is 12.1 Å². The number of hydrogen-bond acceptors (Lipinski definition) is 5. The van der Waals surface area contributed by atoms with Crippen molar-refractivity contribution in [1.82, 2.24) is 0 Å². The Morgan fingerprint density at radius 2 is 1.73 bits per heavy atom. The number of hydrogen-bond donors (Lipinski definition) is 2. The highest BCUT2D eigenvalue weighted by atomic mass is 32.1. The molecule has 0 bridgehead atoms. The average Bonchev–Trinajstić information content (AvgIpc) is 3.30. The van der Waals surface area contributed by atoms with Gasteiger partial charge in [-0.2, -0.15) is 0 Å². The molecule has 1 aliphatic rings. The van der Waals surface area contributed by atoms with Gasteiger partial charge in [-0.15, -0.1) is 11.3 Å². The summed E-state index contributed by atoms with van der Waals surface area (Å²) >= 11 is 1.33. The van der Waals surface area contributed by atoms with Gasteiger partial charge in [0.15, 0.2) is 0 Å². The molecule has 0 saturated carbocycles. The van der Waals surface area contributed by atoms with Crippen LogP contribution >= 0.6 is 11.3 Å². The lowest BCUT2D eigenvalue weighted by Crippen LogP contribution is -2.32. The Morgan fingerprint density at radius 1 is 0.967 bits per heavy atom. The van der Waals surface area contributed by atoms with Crippen molar-refractivity contribution in [3.63, 3.8) is 0 Å². The molecule has 1 aliphatic heterocycles. The van der Waals surface area contributed by atoms with Crippen LogP contribution in [0.25, 0.3) is 5.57 Å². The predicted octanol–water partition coefficient (Wildman–Crippen LogP) is 4.24. The van der Waals surface area contributed by atoms with Crippen molar-refractivity contribution < 1.29 is 18.8 Å². The Bertz CT molecular complexity index is 1170. The lowest BCUT2D eigenvalue weighted by Gasteiger charge is -2.16. The van der Waals surface area contributed by atoms with E-state index in [4.69, 9.17) is 0 Å². The first kappa shape index (κ1) is 19.5. The first-order chi connectivity index (χ1) is 14.4. The van der Waals surface area contributed by atoms with Gasteiger partial charge >= 0.3 is 0 Å². The highest BCUT2D eigenvalue weighted by Gasteiger charge is 2.40. The van der Waals surface area contributed by atoms with E-state index in [2.05, 4.69) is 10.6 Å². The Hall–Kier alpha value is -3.78. The molecule has 3 aromatic rings. The van der Waals surface area contributed by atoms with E-state index in [0.717, 1.165) is 4.90 Å². The summed E-state index contributed by atoms with van der Waals surface area (Å²) in [5.74, 6) is -1.70. The normalized spacial score (nSPS) is 13.7. The second kappa shape index (κ2) is 7.92. The van der Waals surface area contributed by atoms with Crippen LogP contribution in [0.4, 0.5) is 21.5 Å². The molecule has 2 N–H and O–H groups in total. The lowest BCUT2D eigenvalue weighted by atomic mass is 10.2. The smallest absolute Gasteiger partial charge is 0.282 e. The van der Waals surface area contributed by atoms with Gasteiger partial charge in [0.25, 0.3) is 11.8 Å². The minimum Gasteiger partial charge on any atom is -0.350 e. The molecule has 0 spiro atoms. The van der Waals surface area contributed by atoms with Crippen LogP contribution in [0.5, 0.6) is 0 Å². The van der Waals surface area contributed by atoms with E-state index in [-0.39, 0.29) is 17.2 Å². The summed E-state index contributed by atoms with van der Waals surface area (Å²) in [7, 11) is 0. The Balaban J connectivity index is 1.72. The number of benzene rings is 2. The molecule has 2 heterocycles. The summed E-state index contributed by atoms with van der Waals surface area (Å²) in [6, 6.07) is 15.6. The van der Waals surface area contributed by atoms with Crippen molar-refractivity contribution in [2.45, 2.75) is 6.92 Å². The van der Waals surface area contributed by atoms with Gasteiger partial charge in [0.05, 0.1) is 11.3 Å². The number of rotatable bonds is 5. The lowest BCUT2D eigenvalue weighted by molar-refractivity contribution is -0.120. The van der Waals surface area contributed by atoms with Crippen molar-refractivity contribution in [3.05, 3.63) is 82.4 Å². The number of nitrogens with one attached hydrogen (secondary N) is 2. The third-order valence-corrected chi connectivity index (χ3v) is 5.28. The van der Waals surface area contributed by atoms with E-state index < -0.39 is 17.6 Å². The molecule has 3 amide bonds. The summed E-state index contributed by atoms with van der Waals surface area (Å²) in [4.78, 5) is 39.3. The van der Waals surface area contributed by atoms with Crippen LogP contribution in [0.2, 0.25) is 0 Å². The molecule has 0 fully saturated rings. The Morgan fingerprint density at radius 3 is 2.37 bits per heavy atom. The standard InChI is InChI=1S/C22H16FN3O3S/c1-13(27)24-15-7-9-17(10-8-15)26-21(28)19(18-6-3-11-30-18)20(22(26)29)25-16-5-2-4-14(23)12-16/h2-12,25H,1H3,(H,24,27). The molecule has 1 aromatic heterocycles. The first-order valence-electron chi connectivity index (χ1n) is 9.01. The highest BCUT2D eigenvalue weighted by Crippen LogP contribution is 2.35. The van der Waals surface area contributed by atoms with Gasteiger partial charge in [-0.25, -0.2) is 9.29 Å². The number of anilines is 3. The van der Waals surface area contributed by atoms with E-state index in [1.807, 2.05) is 5.38 Å². The Labute approximate surface area is 175 Å². The quantitative estimate of drug-likeness (QED) is 0.604. The number of carbonyl (C=O) groups is 3. The average molecular weight is 421 g/mol. The molecule has 0 saturated heterocycles. The fraction of sp³-hybridized carbons (Fsp3) is 0.0455. The first-order valence-corrected chi connectivity index (χ1v) is 9.89. The summed E-state index contributed by atoms with van der Waals surface area (Å²) in [5, 5.41) is 7.36. The van der Waals surface area contributed by atoms with Crippen molar-refractivity contribution >= 4 is 51.7 Å². The topological polar surface area (TPSA) is 78.5 Å². The van der Waals surface area contributed by atoms with E-state index in [1.54, 1.807) is 42.5 Å². The minimum absolute atomic E-state index is 0.0824. The SMILES string of the molecule is CC(=O)Nc1ccc(N2C(=O)C(Nc3cccc(F)c3)=C(c3cccs3)C2=O)cc1. The molecule has 6 nitrogen and oxygen atoms in total. The van der Waals surface area contributed by atoms with Gasteiger partial charge in [-0.3, -0.25) is 14.4 Å². The zero-order valence-electron chi connectivity index (χ0n) is 15.8. The minimum atomic E-state index is -0.542. The maximum Gasteiger partial charge on any atom is 0.282 e. The summed E-state index contributed by atoms with van der Waals surface area (Å²) < 4.78 is 13.6. The van der Waals surface area contributed by atoms with Gasteiger partial charge < -0.3 is 10.6 Å². The molecular weight excluding hydrogens is 405 g/mol. The molecule has 30 heavy (non-hydrogen) atoms. The van der Waals surface area contributed by atoms with Crippen LogP contribution in [0.15, 0.2) is 71.7 Å². The van der Waals surface area contributed by atoms with Crippen molar-refractivity contribution in [1.29, 1.82) is 0 Å². The van der Waals surface area contributed by atoms with E-state index in [1.165, 1.54) is 36.5 Å². The highest BCUT2D eigenvalue weighted by molar-refractivity contribution is 7.11. The number of nitrogens with zero attached hydrogens (tertiary/aromatic N) is 1. The molecule has 0 atom stereocenters. The van der Waals surface area contributed by atoms with Gasteiger partial charge in [0.2, 0.25) is 5.91 Å². The third-order valence-electron chi connectivity index (χ3n) is 4.39. The van der Waals surface area contributed by atoms with Crippen LogP contribution in [0.1, 0.15) is 11.8 Å². The van der Waals surface area contributed by atoms with Crippen molar-refractivity contribution in [3.8, 4) is 0 Å². The fourth-order valence-corrected chi connectivity index (χ4v) is 3.91. The number of amides is 3. The van der Waals surface area contributed by atoms with Crippen molar-refractivity contribution in [2.24, 2.45) is 0 Å². The zero-order chi connectivity index (χ0) is 21.3. The second-order valence-electron chi connectivity index (χ2n) is 6.54. The van der Waals surface area contributed by atoms with Gasteiger partial charge in [0, 0.05) is 23.2 Å². The summed E-state index contributed by atoms with van der Waals surface area (Å²) in [5.41, 5.74) is 1.59. The van der Waals surface area contributed by atoms with Crippen LogP contribution in [0, 0.1) is 5.82 Å². The molecular formula is C22H16FN3O3S. The number of carbonyl (C=O) groups excluding carboxylic acids is 3. The summed E-state index contributed by atoms with van der Waals surface area (Å²) in [6.07, 6.45) is 0. The van der Waals surface area contributed by atoms with Gasteiger partial charge in [-0.05, 0) is 53.9 Å². The van der Waals surface area contributed by atoms with Crippen LogP contribution in [-0.4, -0.2) is 17.7 Å². The number of thiophene rings is 1. The third kappa shape index (κ3) is 3.72. The molecule has 0 aliphatic carbocycles. The van der Waals surface area contributed by atoms with Crippen LogP contribution in [-0.2, 0) is 14.4 Å².